The summed E-state index contributed by atoms with van der Waals surface area (Å²) in [6.45, 7) is 1.47. The number of halogens is 4. The maximum Gasteiger partial charge on any atom is 0.418 e. The standard InChI is InChI=1S/C20H15ClF3NO2/c1-12(27-18-8-4-6-13-5-2-3-7-15(13)18)19(26)25-17-10-9-14(21)11-16(17)20(22,23)24/h2-12H,1H3,(H,25,26)/t12-/m0/s1. The number of carbonyl (C=O) groups excluding carboxylic acids is 1. The number of alkyl halides is 3. The summed E-state index contributed by atoms with van der Waals surface area (Å²) < 4.78 is 45.2. The molecule has 1 atom stereocenters. The van der Waals surface area contributed by atoms with Gasteiger partial charge in [-0.25, -0.2) is 0 Å². The molecule has 0 spiro atoms. The summed E-state index contributed by atoms with van der Waals surface area (Å²) in [6.07, 6.45) is -5.65. The van der Waals surface area contributed by atoms with E-state index < -0.39 is 23.8 Å². The molecule has 140 valence electrons. The molecule has 0 fully saturated rings. The van der Waals surface area contributed by atoms with E-state index >= 15 is 0 Å². The molecule has 7 heteroatoms. The first-order valence-corrected chi connectivity index (χ1v) is 8.45. The Balaban J connectivity index is 1.81. The molecule has 1 N–H and O–H groups in total. The van der Waals surface area contributed by atoms with Crippen molar-refractivity contribution in [3.63, 3.8) is 0 Å². The molecule has 1 amide bonds. The molecule has 3 aromatic rings. The van der Waals surface area contributed by atoms with Crippen molar-refractivity contribution in [1.82, 2.24) is 0 Å². The van der Waals surface area contributed by atoms with E-state index in [0.717, 1.165) is 22.9 Å². The molecule has 0 bridgehead atoms. The van der Waals surface area contributed by atoms with E-state index in [-0.39, 0.29) is 10.7 Å². The van der Waals surface area contributed by atoms with Crippen LogP contribution in [0.1, 0.15) is 12.5 Å². The average Bonchev–Trinajstić information content (AvgIpc) is 2.62. The molecule has 0 aliphatic carbocycles. The van der Waals surface area contributed by atoms with Crippen molar-refractivity contribution >= 4 is 34.0 Å². The molecule has 0 aliphatic rings. The highest BCUT2D eigenvalue weighted by molar-refractivity contribution is 6.30. The number of amides is 1. The minimum atomic E-state index is -4.65. The molecule has 0 saturated heterocycles. The summed E-state index contributed by atoms with van der Waals surface area (Å²) >= 11 is 5.65. The van der Waals surface area contributed by atoms with Gasteiger partial charge in [0.25, 0.3) is 5.91 Å². The summed E-state index contributed by atoms with van der Waals surface area (Å²) in [7, 11) is 0. The minimum absolute atomic E-state index is 0.0691. The second-order valence-corrected chi connectivity index (χ2v) is 6.35. The van der Waals surface area contributed by atoms with Crippen molar-refractivity contribution in [3.8, 4) is 5.75 Å². The summed E-state index contributed by atoms with van der Waals surface area (Å²) in [6, 6.07) is 16.0. The highest BCUT2D eigenvalue weighted by atomic mass is 35.5. The summed E-state index contributed by atoms with van der Waals surface area (Å²) in [5.41, 5.74) is -1.38. The van der Waals surface area contributed by atoms with Gasteiger partial charge in [0.05, 0.1) is 11.3 Å². The lowest BCUT2D eigenvalue weighted by atomic mass is 10.1. The third-order valence-electron chi connectivity index (χ3n) is 3.97. The molecule has 3 rings (SSSR count). The predicted molar refractivity (Wildman–Crippen MR) is 99.1 cm³/mol. The fourth-order valence-electron chi connectivity index (χ4n) is 2.64. The first kappa shape index (κ1) is 19.0. The van der Waals surface area contributed by atoms with Gasteiger partial charge in [0, 0.05) is 10.4 Å². The monoisotopic (exact) mass is 393 g/mol. The molecule has 3 aromatic carbocycles. The van der Waals surface area contributed by atoms with Gasteiger partial charge in [0.15, 0.2) is 6.10 Å². The number of benzene rings is 3. The fraction of sp³-hybridized carbons (Fsp3) is 0.150. The molecule has 0 radical (unpaired) electrons. The van der Waals surface area contributed by atoms with Crippen LogP contribution in [0, 0.1) is 0 Å². The van der Waals surface area contributed by atoms with Gasteiger partial charge in [0.1, 0.15) is 5.75 Å². The van der Waals surface area contributed by atoms with Gasteiger partial charge in [-0.3, -0.25) is 4.79 Å². The SMILES string of the molecule is C[C@H](Oc1cccc2ccccc12)C(=O)Nc1ccc(Cl)cc1C(F)(F)F. The Kier molecular flexibility index (Phi) is 5.28. The first-order valence-electron chi connectivity index (χ1n) is 8.08. The summed E-state index contributed by atoms with van der Waals surface area (Å²) in [5, 5.41) is 3.94. The van der Waals surface area contributed by atoms with Gasteiger partial charge in [-0.15, -0.1) is 0 Å². The normalized spacial score (nSPS) is 12.6. The van der Waals surface area contributed by atoms with Crippen molar-refractivity contribution in [2.75, 3.05) is 5.32 Å². The Bertz CT molecular complexity index is 983. The number of hydrogen-bond donors (Lipinski definition) is 1. The zero-order valence-corrected chi connectivity index (χ0v) is 14.9. The van der Waals surface area contributed by atoms with Gasteiger partial charge in [0.2, 0.25) is 0 Å². The average molecular weight is 394 g/mol. The van der Waals surface area contributed by atoms with Crippen LogP contribution in [0.4, 0.5) is 18.9 Å². The van der Waals surface area contributed by atoms with Crippen molar-refractivity contribution in [1.29, 1.82) is 0 Å². The van der Waals surface area contributed by atoms with E-state index in [9.17, 15) is 18.0 Å². The summed E-state index contributed by atoms with van der Waals surface area (Å²) in [4.78, 5) is 12.4. The number of nitrogens with one attached hydrogen (secondary N) is 1. The number of hydrogen-bond acceptors (Lipinski definition) is 2. The number of anilines is 1. The largest absolute Gasteiger partial charge is 0.480 e. The molecule has 0 saturated carbocycles. The van der Waals surface area contributed by atoms with E-state index in [2.05, 4.69) is 5.32 Å². The van der Waals surface area contributed by atoms with E-state index in [1.54, 1.807) is 12.1 Å². The second kappa shape index (κ2) is 7.48. The highest BCUT2D eigenvalue weighted by Crippen LogP contribution is 2.36. The van der Waals surface area contributed by atoms with Crippen LogP contribution >= 0.6 is 11.6 Å². The molecule has 0 heterocycles. The summed E-state index contributed by atoms with van der Waals surface area (Å²) in [5.74, 6) is -0.223. The van der Waals surface area contributed by atoms with Gasteiger partial charge >= 0.3 is 6.18 Å². The van der Waals surface area contributed by atoms with Crippen LogP contribution in [-0.2, 0) is 11.0 Å². The van der Waals surface area contributed by atoms with Gasteiger partial charge in [-0.2, -0.15) is 13.2 Å². The van der Waals surface area contributed by atoms with Crippen molar-refractivity contribution in [2.45, 2.75) is 19.2 Å². The Morgan fingerprint density at radius 1 is 1.07 bits per heavy atom. The van der Waals surface area contributed by atoms with Crippen LogP contribution in [0.5, 0.6) is 5.75 Å². The third kappa shape index (κ3) is 4.34. The van der Waals surface area contributed by atoms with E-state index in [1.165, 1.54) is 13.0 Å². The Hall–Kier alpha value is -2.73. The van der Waals surface area contributed by atoms with Crippen LogP contribution < -0.4 is 10.1 Å². The molecule has 0 unspecified atom stereocenters. The highest BCUT2D eigenvalue weighted by Gasteiger charge is 2.34. The maximum absolute atomic E-state index is 13.2. The van der Waals surface area contributed by atoms with Crippen molar-refractivity contribution < 1.29 is 22.7 Å². The lowest BCUT2D eigenvalue weighted by Gasteiger charge is -2.18. The third-order valence-corrected chi connectivity index (χ3v) is 4.20. The van der Waals surface area contributed by atoms with Gasteiger partial charge < -0.3 is 10.1 Å². The van der Waals surface area contributed by atoms with Crippen LogP contribution in [-0.4, -0.2) is 12.0 Å². The predicted octanol–water partition coefficient (Wildman–Crippen LogP) is 5.92. The zero-order chi connectivity index (χ0) is 19.6. The lowest BCUT2D eigenvalue weighted by Crippen LogP contribution is -2.31. The number of carbonyl (C=O) groups is 1. The molecule has 0 aliphatic heterocycles. The minimum Gasteiger partial charge on any atom is -0.480 e. The van der Waals surface area contributed by atoms with Crippen LogP contribution in [0.3, 0.4) is 0 Å². The fourth-order valence-corrected chi connectivity index (χ4v) is 2.81. The quantitative estimate of drug-likeness (QED) is 0.597. The molecule has 0 aromatic heterocycles. The smallest absolute Gasteiger partial charge is 0.418 e. The van der Waals surface area contributed by atoms with Gasteiger partial charge in [-0.1, -0.05) is 48.0 Å². The van der Waals surface area contributed by atoms with Crippen molar-refractivity contribution in [3.05, 3.63) is 71.2 Å². The number of rotatable bonds is 4. The Morgan fingerprint density at radius 2 is 1.78 bits per heavy atom. The Labute approximate surface area is 158 Å². The second-order valence-electron chi connectivity index (χ2n) is 5.91. The maximum atomic E-state index is 13.2. The van der Waals surface area contributed by atoms with Crippen LogP contribution in [0.2, 0.25) is 5.02 Å². The number of fused-ring (bicyclic) bond motifs is 1. The molecule has 27 heavy (non-hydrogen) atoms. The molecule has 3 nitrogen and oxygen atoms in total. The zero-order valence-electron chi connectivity index (χ0n) is 14.2. The van der Waals surface area contributed by atoms with Crippen LogP contribution in [0.15, 0.2) is 60.7 Å². The van der Waals surface area contributed by atoms with Gasteiger partial charge in [-0.05, 0) is 36.6 Å². The van der Waals surface area contributed by atoms with E-state index in [1.807, 2.05) is 30.3 Å². The van der Waals surface area contributed by atoms with Crippen molar-refractivity contribution in [2.24, 2.45) is 0 Å². The van der Waals surface area contributed by atoms with E-state index in [0.29, 0.717) is 5.75 Å². The molecular formula is C20H15ClF3NO2. The lowest BCUT2D eigenvalue weighted by molar-refractivity contribution is -0.137. The first-order chi connectivity index (χ1) is 12.8. The number of ether oxygens (including phenoxy) is 1. The molecular weight excluding hydrogens is 379 g/mol. The van der Waals surface area contributed by atoms with Crippen LogP contribution in [0.25, 0.3) is 10.8 Å². The van der Waals surface area contributed by atoms with E-state index in [4.69, 9.17) is 16.3 Å². The topological polar surface area (TPSA) is 38.3 Å². The Morgan fingerprint density at radius 3 is 2.52 bits per heavy atom.